The van der Waals surface area contributed by atoms with Crippen molar-refractivity contribution >= 4 is 5.91 Å². The Hall–Kier alpha value is -3.66. The molecular formula is C24H25N5O2. The van der Waals surface area contributed by atoms with Crippen LogP contribution in [0.3, 0.4) is 0 Å². The van der Waals surface area contributed by atoms with E-state index in [1.165, 1.54) is 0 Å². The van der Waals surface area contributed by atoms with Crippen LogP contribution >= 0.6 is 0 Å². The zero-order valence-electron chi connectivity index (χ0n) is 17.9. The van der Waals surface area contributed by atoms with Crippen LogP contribution in [0, 0.1) is 18.3 Å². The Labute approximate surface area is 181 Å². The molecule has 7 nitrogen and oxygen atoms in total. The van der Waals surface area contributed by atoms with Gasteiger partial charge in [-0.25, -0.2) is 4.98 Å². The summed E-state index contributed by atoms with van der Waals surface area (Å²) < 4.78 is 7.87. The van der Waals surface area contributed by atoms with Crippen LogP contribution in [0.5, 0.6) is 5.88 Å². The molecule has 0 bridgehead atoms. The number of carbonyl (C=O) groups excluding carboxylic acids is 1. The second-order valence-electron chi connectivity index (χ2n) is 7.97. The number of pyridine rings is 1. The maximum atomic E-state index is 13.6. The SMILES string of the molecule is Cc1c(C#N)ccnc1O[C@@H]1CC[C@@H](C)N(C(=O)c2ccccc2-c2cnn(C)c2)C1. The lowest BCUT2D eigenvalue weighted by Crippen LogP contribution is -2.49. The molecule has 0 spiro atoms. The van der Waals surface area contributed by atoms with E-state index >= 15 is 0 Å². The molecule has 1 aliphatic rings. The van der Waals surface area contributed by atoms with Gasteiger partial charge in [-0.05, 0) is 44.4 Å². The topological polar surface area (TPSA) is 84.0 Å². The normalized spacial score (nSPS) is 18.5. The van der Waals surface area contributed by atoms with Crippen molar-refractivity contribution in [3.05, 3.63) is 65.6 Å². The van der Waals surface area contributed by atoms with Crippen molar-refractivity contribution in [2.24, 2.45) is 7.05 Å². The second-order valence-corrected chi connectivity index (χ2v) is 7.97. The Bertz CT molecular complexity index is 1150. The summed E-state index contributed by atoms with van der Waals surface area (Å²) in [6.45, 7) is 4.37. The number of rotatable bonds is 4. The number of nitrogens with zero attached hydrogens (tertiary/aromatic N) is 5. The molecule has 2 atom stereocenters. The van der Waals surface area contributed by atoms with Gasteiger partial charge in [0.1, 0.15) is 6.10 Å². The molecule has 1 saturated heterocycles. The fraction of sp³-hybridized carbons (Fsp3) is 0.333. The van der Waals surface area contributed by atoms with Gasteiger partial charge < -0.3 is 9.64 Å². The van der Waals surface area contributed by atoms with Crippen LogP contribution in [-0.4, -0.2) is 44.3 Å². The maximum absolute atomic E-state index is 13.6. The van der Waals surface area contributed by atoms with Crippen LogP contribution in [0.25, 0.3) is 11.1 Å². The molecule has 3 aromatic rings. The lowest BCUT2D eigenvalue weighted by molar-refractivity contribution is 0.0371. The van der Waals surface area contributed by atoms with Gasteiger partial charge >= 0.3 is 0 Å². The summed E-state index contributed by atoms with van der Waals surface area (Å²) in [4.78, 5) is 19.7. The molecule has 0 unspecified atom stereocenters. The minimum Gasteiger partial charge on any atom is -0.472 e. The number of hydrogen-bond donors (Lipinski definition) is 0. The van der Waals surface area contributed by atoms with E-state index in [2.05, 4.69) is 23.1 Å². The average Bonchev–Trinajstić information content (AvgIpc) is 3.22. The molecule has 0 aliphatic carbocycles. The van der Waals surface area contributed by atoms with Crippen LogP contribution in [0.4, 0.5) is 0 Å². The summed E-state index contributed by atoms with van der Waals surface area (Å²) in [5, 5.41) is 13.5. The molecule has 0 N–H and O–H groups in total. The standard InChI is InChI=1S/C24H25N5O2/c1-16-8-9-20(31-23-17(2)18(12-25)10-11-26-23)15-29(16)24(30)22-7-5-4-6-21(22)19-13-27-28(3)14-19/h4-7,10-11,13-14,16,20H,8-9,15H2,1-3H3/t16-,20-/m1/s1. The Morgan fingerprint density at radius 2 is 2.06 bits per heavy atom. The first kappa shape index (κ1) is 20.6. The first-order valence-corrected chi connectivity index (χ1v) is 10.4. The van der Waals surface area contributed by atoms with E-state index in [9.17, 15) is 10.1 Å². The highest BCUT2D eigenvalue weighted by Crippen LogP contribution is 2.29. The van der Waals surface area contributed by atoms with Crippen LogP contribution < -0.4 is 4.74 Å². The van der Waals surface area contributed by atoms with Crippen molar-refractivity contribution in [2.45, 2.75) is 38.8 Å². The first-order valence-electron chi connectivity index (χ1n) is 10.4. The monoisotopic (exact) mass is 415 g/mol. The van der Waals surface area contributed by atoms with E-state index in [0.717, 1.165) is 29.5 Å². The van der Waals surface area contributed by atoms with Crippen molar-refractivity contribution in [1.82, 2.24) is 19.7 Å². The van der Waals surface area contributed by atoms with Gasteiger partial charge in [0.25, 0.3) is 5.91 Å². The Kier molecular flexibility index (Phi) is 5.72. The third-order valence-corrected chi connectivity index (χ3v) is 5.83. The van der Waals surface area contributed by atoms with Gasteiger partial charge in [-0.2, -0.15) is 10.4 Å². The zero-order valence-corrected chi connectivity index (χ0v) is 17.9. The number of aryl methyl sites for hydroxylation is 1. The lowest BCUT2D eigenvalue weighted by Gasteiger charge is -2.38. The number of benzene rings is 1. The molecule has 7 heteroatoms. The fourth-order valence-electron chi connectivity index (χ4n) is 4.00. The van der Waals surface area contributed by atoms with E-state index in [1.807, 2.05) is 49.3 Å². The molecule has 1 fully saturated rings. The van der Waals surface area contributed by atoms with E-state index in [1.54, 1.807) is 23.1 Å². The largest absolute Gasteiger partial charge is 0.472 e. The van der Waals surface area contributed by atoms with Crippen LogP contribution in [0.15, 0.2) is 48.9 Å². The second kappa shape index (κ2) is 8.60. The maximum Gasteiger partial charge on any atom is 0.254 e. The lowest BCUT2D eigenvalue weighted by atomic mass is 9.97. The van der Waals surface area contributed by atoms with E-state index in [-0.39, 0.29) is 18.1 Å². The number of likely N-dealkylation sites (tertiary alicyclic amines) is 1. The molecule has 0 radical (unpaired) electrons. The molecule has 0 saturated carbocycles. The highest BCUT2D eigenvalue weighted by Gasteiger charge is 2.32. The molecule has 3 heterocycles. The van der Waals surface area contributed by atoms with Crippen molar-refractivity contribution in [2.75, 3.05) is 6.54 Å². The average molecular weight is 415 g/mol. The summed E-state index contributed by atoms with van der Waals surface area (Å²) in [5.41, 5.74) is 3.71. The molecule has 2 aromatic heterocycles. The summed E-state index contributed by atoms with van der Waals surface area (Å²) in [5.74, 6) is 0.442. The van der Waals surface area contributed by atoms with Gasteiger partial charge in [-0.15, -0.1) is 0 Å². The van der Waals surface area contributed by atoms with Gasteiger partial charge in [-0.3, -0.25) is 9.48 Å². The number of hydrogen-bond acceptors (Lipinski definition) is 5. The molecule has 158 valence electrons. The molecular weight excluding hydrogens is 390 g/mol. The smallest absolute Gasteiger partial charge is 0.254 e. The van der Waals surface area contributed by atoms with Gasteiger partial charge in [0, 0.05) is 42.2 Å². The number of carbonyl (C=O) groups is 1. The van der Waals surface area contributed by atoms with Crippen LogP contribution in [0.2, 0.25) is 0 Å². The fourth-order valence-corrected chi connectivity index (χ4v) is 4.00. The third kappa shape index (κ3) is 4.15. The number of aromatic nitrogens is 3. The highest BCUT2D eigenvalue weighted by atomic mass is 16.5. The number of ether oxygens (including phenoxy) is 1. The Balaban J connectivity index is 1.57. The molecule has 1 amide bonds. The van der Waals surface area contributed by atoms with Crippen LogP contribution in [0.1, 0.15) is 41.3 Å². The molecule has 31 heavy (non-hydrogen) atoms. The zero-order chi connectivity index (χ0) is 22.0. The summed E-state index contributed by atoms with van der Waals surface area (Å²) in [6.07, 6.45) is 6.75. The van der Waals surface area contributed by atoms with Gasteiger partial charge in [0.15, 0.2) is 0 Å². The highest BCUT2D eigenvalue weighted by molar-refractivity contribution is 6.01. The number of amides is 1. The van der Waals surface area contributed by atoms with E-state index < -0.39 is 0 Å². The number of piperidine rings is 1. The van der Waals surface area contributed by atoms with Crippen LogP contribution in [-0.2, 0) is 7.05 Å². The van der Waals surface area contributed by atoms with Gasteiger partial charge in [0.05, 0.1) is 24.4 Å². The first-order chi connectivity index (χ1) is 15.0. The molecule has 1 aromatic carbocycles. The van der Waals surface area contributed by atoms with Crippen molar-refractivity contribution in [3.8, 4) is 23.1 Å². The van der Waals surface area contributed by atoms with Gasteiger partial charge in [0.2, 0.25) is 5.88 Å². The van der Waals surface area contributed by atoms with Crippen molar-refractivity contribution < 1.29 is 9.53 Å². The number of nitriles is 1. The minimum absolute atomic E-state index is 0.0179. The van der Waals surface area contributed by atoms with E-state index in [4.69, 9.17) is 4.74 Å². The van der Waals surface area contributed by atoms with E-state index in [0.29, 0.717) is 23.6 Å². The predicted octanol–water partition coefficient (Wildman–Crippen LogP) is 3.73. The Morgan fingerprint density at radius 3 is 2.81 bits per heavy atom. The summed E-state index contributed by atoms with van der Waals surface area (Å²) in [6, 6.07) is 11.6. The summed E-state index contributed by atoms with van der Waals surface area (Å²) >= 11 is 0. The van der Waals surface area contributed by atoms with Gasteiger partial charge in [-0.1, -0.05) is 18.2 Å². The summed E-state index contributed by atoms with van der Waals surface area (Å²) in [7, 11) is 1.86. The quantitative estimate of drug-likeness (QED) is 0.648. The molecule has 4 rings (SSSR count). The van der Waals surface area contributed by atoms with Crippen molar-refractivity contribution in [1.29, 1.82) is 5.26 Å². The molecule has 1 aliphatic heterocycles. The van der Waals surface area contributed by atoms with Crippen molar-refractivity contribution in [3.63, 3.8) is 0 Å². The predicted molar refractivity (Wildman–Crippen MR) is 116 cm³/mol. The Morgan fingerprint density at radius 1 is 1.26 bits per heavy atom. The third-order valence-electron chi connectivity index (χ3n) is 5.83. The minimum atomic E-state index is -0.175.